The molecule has 4 fully saturated rings. The summed E-state index contributed by atoms with van der Waals surface area (Å²) in [4.78, 5) is 51.0. The fourth-order valence-electron chi connectivity index (χ4n) is 9.70. The Morgan fingerprint density at radius 1 is 1.11 bits per heavy atom. The first-order chi connectivity index (χ1) is 20.7. The summed E-state index contributed by atoms with van der Waals surface area (Å²) < 4.78 is 6.88. The van der Waals surface area contributed by atoms with Gasteiger partial charge in [-0.1, -0.05) is 50.4 Å². The number of rotatable bonds is 9. The number of fused-ring (bicyclic) bond motifs is 5. The van der Waals surface area contributed by atoms with E-state index in [1.165, 1.54) is 16.9 Å². The van der Waals surface area contributed by atoms with Crippen molar-refractivity contribution >= 4 is 46.6 Å². The smallest absolute Gasteiger partial charge is 0.306 e. The molecule has 0 radical (unpaired) electrons. The Bertz CT molecular complexity index is 1340. The standard InChI is InChI=1S/C35H48ClNO6S/c1-19(2)33(27-8-9-28(36)44-27)37-29(39)16-20(3)23-6-7-24-32-25(13-15-35(23,24)5)34(4)14-12-22(38)17-21(34)18-26(32)43-31(42)11-10-30(40)41/h8-9,19,21,24-26,32-33H,6-7,10-18H2,1-5H3,(H,37,39)(H,40,41)/b23-20+/t21-,24-,25-,26+,32-,33+,34-,35+/m0/s1. The normalized spacial score (nSPS) is 34.9. The number of aliphatic carboxylic acids is 1. The van der Waals surface area contributed by atoms with Gasteiger partial charge in [-0.05, 0) is 92.1 Å². The first-order valence-electron chi connectivity index (χ1n) is 16.4. The molecule has 5 rings (SSSR count). The molecule has 9 heteroatoms. The highest BCUT2D eigenvalue weighted by Crippen LogP contribution is 2.68. The Labute approximate surface area is 270 Å². The van der Waals surface area contributed by atoms with Gasteiger partial charge in [0.25, 0.3) is 0 Å². The highest BCUT2D eigenvalue weighted by atomic mass is 35.5. The number of halogens is 1. The third-order valence-corrected chi connectivity index (χ3v) is 13.2. The number of Topliss-reactive ketones (excluding diaryl/α,β-unsaturated/α-hetero) is 1. The van der Waals surface area contributed by atoms with Crippen molar-refractivity contribution in [1.29, 1.82) is 0 Å². The molecule has 4 aliphatic rings. The summed E-state index contributed by atoms with van der Waals surface area (Å²) in [5.74, 6) is 0.0624. The zero-order valence-corrected chi connectivity index (χ0v) is 28.3. The summed E-state index contributed by atoms with van der Waals surface area (Å²) in [7, 11) is 0. The molecule has 0 aromatic carbocycles. The van der Waals surface area contributed by atoms with Gasteiger partial charge in [-0.15, -0.1) is 11.3 Å². The maximum absolute atomic E-state index is 13.4. The Morgan fingerprint density at radius 3 is 2.52 bits per heavy atom. The summed E-state index contributed by atoms with van der Waals surface area (Å²) in [6.45, 7) is 11.0. The average molecular weight is 646 g/mol. The van der Waals surface area contributed by atoms with Crippen molar-refractivity contribution < 1.29 is 29.0 Å². The van der Waals surface area contributed by atoms with Crippen LogP contribution >= 0.6 is 22.9 Å². The van der Waals surface area contributed by atoms with Gasteiger partial charge in [0, 0.05) is 30.1 Å². The number of ketones is 1. The number of carboxylic acids is 1. The average Bonchev–Trinajstić information content (AvgIpc) is 3.53. The fourth-order valence-corrected chi connectivity index (χ4v) is 11.0. The summed E-state index contributed by atoms with van der Waals surface area (Å²) in [5, 5.41) is 12.4. The molecule has 0 aliphatic heterocycles. The Kier molecular flexibility index (Phi) is 9.73. The van der Waals surface area contributed by atoms with Crippen molar-refractivity contribution in [2.75, 3.05) is 0 Å². The molecule has 7 nitrogen and oxygen atoms in total. The molecule has 1 amide bonds. The van der Waals surface area contributed by atoms with Crippen LogP contribution < -0.4 is 5.32 Å². The van der Waals surface area contributed by atoms with E-state index in [-0.39, 0.29) is 59.5 Å². The molecule has 0 spiro atoms. The van der Waals surface area contributed by atoms with Crippen LogP contribution in [-0.4, -0.2) is 34.8 Å². The SMILES string of the molecule is C/C(CC(=O)N[C@@H](c1ccc(Cl)s1)C(C)C)=C1/CC[C@H]2[C@@H]3[C@H](OC(=O)CCC(=O)O)C[C@@H]4CC(=O)CC[C@]4(C)[C@H]3CC[C@]12C. The minimum absolute atomic E-state index is 0.0177. The van der Waals surface area contributed by atoms with Crippen molar-refractivity contribution in [2.24, 2.45) is 40.4 Å². The van der Waals surface area contributed by atoms with Gasteiger partial charge in [0.15, 0.2) is 0 Å². The molecular weight excluding hydrogens is 598 g/mol. The van der Waals surface area contributed by atoms with E-state index in [1.807, 2.05) is 12.1 Å². The topological polar surface area (TPSA) is 110 Å². The summed E-state index contributed by atoms with van der Waals surface area (Å²) in [5.41, 5.74) is 2.44. The third kappa shape index (κ3) is 6.40. The monoisotopic (exact) mass is 645 g/mol. The maximum atomic E-state index is 13.4. The Balaban J connectivity index is 1.38. The number of esters is 1. The van der Waals surface area contributed by atoms with Gasteiger partial charge in [0.1, 0.15) is 11.9 Å². The minimum atomic E-state index is -1.01. The molecule has 2 N–H and O–H groups in total. The molecule has 8 atom stereocenters. The number of amides is 1. The van der Waals surface area contributed by atoms with Crippen LogP contribution in [0.3, 0.4) is 0 Å². The van der Waals surface area contributed by atoms with Crippen molar-refractivity contribution in [1.82, 2.24) is 5.32 Å². The molecule has 4 aliphatic carbocycles. The van der Waals surface area contributed by atoms with Crippen LogP contribution in [-0.2, 0) is 23.9 Å². The van der Waals surface area contributed by atoms with Crippen LogP contribution in [0, 0.1) is 40.4 Å². The lowest BCUT2D eigenvalue weighted by Gasteiger charge is -2.61. The van der Waals surface area contributed by atoms with Crippen LogP contribution in [0.1, 0.15) is 116 Å². The number of thiophene rings is 1. The lowest BCUT2D eigenvalue weighted by molar-refractivity contribution is -0.186. The fraction of sp³-hybridized carbons (Fsp3) is 0.714. The van der Waals surface area contributed by atoms with Crippen molar-refractivity contribution in [3.8, 4) is 0 Å². The number of carbonyl (C=O) groups excluding carboxylic acids is 3. The van der Waals surface area contributed by atoms with Crippen LogP contribution in [0.15, 0.2) is 23.3 Å². The number of hydrogen-bond acceptors (Lipinski definition) is 6. The van der Waals surface area contributed by atoms with E-state index in [2.05, 4.69) is 39.9 Å². The quantitative estimate of drug-likeness (QED) is 0.209. The highest BCUT2D eigenvalue weighted by Gasteiger charge is 2.62. The first kappa shape index (κ1) is 33.2. The summed E-state index contributed by atoms with van der Waals surface area (Å²) in [6.07, 6.45) is 6.29. The van der Waals surface area contributed by atoms with E-state index in [9.17, 15) is 19.2 Å². The second kappa shape index (κ2) is 12.9. The number of carbonyl (C=O) groups is 4. The number of nitrogens with one attached hydrogen (secondary N) is 1. The lowest BCUT2D eigenvalue weighted by atomic mass is 9.44. The molecule has 0 unspecified atom stereocenters. The van der Waals surface area contributed by atoms with Crippen molar-refractivity contribution in [2.45, 2.75) is 117 Å². The van der Waals surface area contributed by atoms with Gasteiger partial charge in [-0.2, -0.15) is 0 Å². The molecule has 0 saturated heterocycles. The second-order valence-electron chi connectivity index (χ2n) is 14.8. The van der Waals surface area contributed by atoms with Crippen molar-refractivity contribution in [3.05, 3.63) is 32.5 Å². The molecule has 242 valence electrons. The first-order valence-corrected chi connectivity index (χ1v) is 17.6. The largest absolute Gasteiger partial charge is 0.481 e. The van der Waals surface area contributed by atoms with E-state index < -0.39 is 11.9 Å². The minimum Gasteiger partial charge on any atom is -0.481 e. The lowest BCUT2D eigenvalue weighted by Crippen LogP contribution is -2.58. The maximum Gasteiger partial charge on any atom is 0.306 e. The van der Waals surface area contributed by atoms with Crippen LogP contribution in [0.5, 0.6) is 0 Å². The number of ether oxygens (including phenoxy) is 1. The molecule has 1 aromatic heterocycles. The van der Waals surface area contributed by atoms with E-state index in [0.717, 1.165) is 42.6 Å². The van der Waals surface area contributed by atoms with Crippen LogP contribution in [0.25, 0.3) is 0 Å². The number of carboxylic acid groups (broad SMARTS) is 1. The third-order valence-electron chi connectivity index (χ3n) is 11.9. The van der Waals surface area contributed by atoms with Crippen LogP contribution in [0.2, 0.25) is 4.34 Å². The summed E-state index contributed by atoms with van der Waals surface area (Å²) >= 11 is 7.70. The Morgan fingerprint density at radius 2 is 1.86 bits per heavy atom. The van der Waals surface area contributed by atoms with Gasteiger partial charge in [0.2, 0.25) is 5.91 Å². The zero-order valence-electron chi connectivity index (χ0n) is 26.7. The second-order valence-corrected chi connectivity index (χ2v) is 16.5. The Hall–Kier alpha value is -2.19. The van der Waals surface area contributed by atoms with Gasteiger partial charge in [-0.25, -0.2) is 0 Å². The molecule has 44 heavy (non-hydrogen) atoms. The molecule has 4 saturated carbocycles. The molecule has 1 heterocycles. The van der Waals surface area contributed by atoms with Crippen molar-refractivity contribution in [3.63, 3.8) is 0 Å². The van der Waals surface area contributed by atoms with Gasteiger partial charge >= 0.3 is 11.9 Å². The summed E-state index contributed by atoms with van der Waals surface area (Å²) in [6, 6.07) is 3.78. The molecule has 0 bridgehead atoms. The number of allylic oxidation sites excluding steroid dienone is 1. The zero-order chi connectivity index (χ0) is 32.0. The van der Waals surface area contributed by atoms with E-state index in [4.69, 9.17) is 21.4 Å². The van der Waals surface area contributed by atoms with Gasteiger partial charge in [0.05, 0.1) is 23.2 Å². The van der Waals surface area contributed by atoms with E-state index >= 15 is 0 Å². The highest BCUT2D eigenvalue weighted by molar-refractivity contribution is 7.16. The van der Waals surface area contributed by atoms with E-state index in [0.29, 0.717) is 47.6 Å². The van der Waals surface area contributed by atoms with E-state index in [1.54, 1.807) is 0 Å². The van der Waals surface area contributed by atoms with Gasteiger partial charge < -0.3 is 15.2 Å². The predicted octanol–water partition coefficient (Wildman–Crippen LogP) is 7.92. The molecule has 1 aromatic rings. The van der Waals surface area contributed by atoms with Crippen LogP contribution in [0.4, 0.5) is 0 Å². The number of hydrogen-bond donors (Lipinski definition) is 2. The van der Waals surface area contributed by atoms with Gasteiger partial charge in [-0.3, -0.25) is 19.2 Å². The molecular formula is C35H48ClNO6S. The predicted molar refractivity (Wildman–Crippen MR) is 171 cm³/mol.